The number of rotatable bonds is 3. The number of anilines is 1. The molecule has 0 bridgehead atoms. The molecule has 1 heterocycles. The summed E-state index contributed by atoms with van der Waals surface area (Å²) < 4.78 is 5.01. The lowest BCUT2D eigenvalue weighted by atomic mass is 10.3. The molecule has 0 aliphatic heterocycles. The zero-order valence-corrected chi connectivity index (χ0v) is 6.58. The molecular formula is C8H12N2O. The first kappa shape index (κ1) is 7.85. The van der Waals surface area contributed by atoms with Crippen LogP contribution in [0.25, 0.3) is 6.08 Å². The predicted octanol–water partition coefficient (Wildman–Crippen LogP) is 2.07. The summed E-state index contributed by atoms with van der Waals surface area (Å²) >= 11 is 0. The van der Waals surface area contributed by atoms with Crippen molar-refractivity contribution >= 4 is 12.1 Å². The third-order valence-corrected chi connectivity index (χ3v) is 1.28. The van der Waals surface area contributed by atoms with Crippen molar-refractivity contribution in [3.63, 3.8) is 0 Å². The number of nitrogen functional groups attached to an aromatic ring is 1. The van der Waals surface area contributed by atoms with Crippen LogP contribution >= 0.6 is 0 Å². The van der Waals surface area contributed by atoms with E-state index in [-0.39, 0.29) is 6.01 Å². The fraction of sp³-hybridized carbons (Fsp3) is 0.375. The number of nitrogens with zero attached hydrogens (tertiary/aromatic N) is 1. The summed E-state index contributed by atoms with van der Waals surface area (Å²) in [6.45, 7) is 2.12. The van der Waals surface area contributed by atoms with Gasteiger partial charge in [-0.25, -0.2) is 4.98 Å². The number of aromatic nitrogens is 1. The quantitative estimate of drug-likeness (QED) is 0.721. The van der Waals surface area contributed by atoms with Crippen molar-refractivity contribution in [3.05, 3.63) is 18.0 Å². The summed E-state index contributed by atoms with van der Waals surface area (Å²) in [6, 6.07) is 0.223. The molecule has 0 spiro atoms. The van der Waals surface area contributed by atoms with Crippen molar-refractivity contribution < 1.29 is 4.42 Å². The Balaban J connectivity index is 2.50. The van der Waals surface area contributed by atoms with E-state index in [1.165, 1.54) is 0 Å². The Hall–Kier alpha value is -1.25. The van der Waals surface area contributed by atoms with Gasteiger partial charge in [0.05, 0.1) is 6.20 Å². The van der Waals surface area contributed by atoms with E-state index < -0.39 is 0 Å². The smallest absolute Gasteiger partial charge is 0.292 e. The first-order valence-electron chi connectivity index (χ1n) is 3.70. The van der Waals surface area contributed by atoms with Gasteiger partial charge in [-0.2, -0.15) is 0 Å². The lowest BCUT2D eigenvalue weighted by Gasteiger charge is -1.83. The van der Waals surface area contributed by atoms with Gasteiger partial charge in [0.25, 0.3) is 6.01 Å². The average Bonchev–Trinajstić information content (AvgIpc) is 2.37. The highest BCUT2D eigenvalue weighted by molar-refractivity contribution is 5.42. The normalized spacial score (nSPS) is 11.0. The molecule has 0 radical (unpaired) electrons. The summed E-state index contributed by atoms with van der Waals surface area (Å²) in [5.74, 6) is 0.718. The van der Waals surface area contributed by atoms with E-state index in [0.717, 1.165) is 18.6 Å². The number of unbranched alkanes of at least 4 members (excludes halogenated alkanes) is 1. The van der Waals surface area contributed by atoms with Crippen LogP contribution in [0.3, 0.4) is 0 Å². The molecular weight excluding hydrogens is 140 g/mol. The number of oxazole rings is 1. The van der Waals surface area contributed by atoms with Crippen LogP contribution in [-0.2, 0) is 0 Å². The van der Waals surface area contributed by atoms with Crippen LogP contribution in [0.4, 0.5) is 6.01 Å². The minimum absolute atomic E-state index is 0.223. The molecule has 0 saturated carbocycles. The Bertz CT molecular complexity index is 240. The number of nitrogens with two attached hydrogens (primary N) is 1. The largest absolute Gasteiger partial charge is 0.424 e. The third kappa shape index (κ3) is 2.45. The van der Waals surface area contributed by atoms with Crippen molar-refractivity contribution in [2.45, 2.75) is 19.8 Å². The molecule has 0 aromatic carbocycles. The first-order chi connectivity index (χ1) is 5.33. The Morgan fingerprint density at radius 3 is 3.09 bits per heavy atom. The predicted molar refractivity (Wildman–Crippen MR) is 44.9 cm³/mol. The second-order valence-electron chi connectivity index (χ2n) is 2.29. The molecule has 0 atom stereocenters. The van der Waals surface area contributed by atoms with Gasteiger partial charge in [0.2, 0.25) is 0 Å². The number of hydrogen-bond acceptors (Lipinski definition) is 3. The van der Waals surface area contributed by atoms with Crippen molar-refractivity contribution in [2.24, 2.45) is 0 Å². The molecule has 1 aromatic rings. The molecule has 11 heavy (non-hydrogen) atoms. The molecule has 0 aliphatic rings. The van der Waals surface area contributed by atoms with E-state index >= 15 is 0 Å². The summed E-state index contributed by atoms with van der Waals surface area (Å²) in [5.41, 5.74) is 5.27. The Kier molecular flexibility index (Phi) is 2.72. The minimum Gasteiger partial charge on any atom is -0.424 e. The van der Waals surface area contributed by atoms with Gasteiger partial charge in [0, 0.05) is 0 Å². The molecule has 1 aromatic heterocycles. The fourth-order valence-electron chi connectivity index (χ4n) is 0.744. The fourth-order valence-corrected chi connectivity index (χ4v) is 0.744. The summed E-state index contributed by atoms with van der Waals surface area (Å²) in [5, 5.41) is 0. The zero-order valence-electron chi connectivity index (χ0n) is 6.58. The topological polar surface area (TPSA) is 52.0 Å². The Morgan fingerprint density at radius 1 is 1.73 bits per heavy atom. The second-order valence-corrected chi connectivity index (χ2v) is 2.29. The van der Waals surface area contributed by atoms with Crippen molar-refractivity contribution in [1.82, 2.24) is 4.98 Å². The molecule has 0 amide bonds. The van der Waals surface area contributed by atoms with E-state index in [2.05, 4.69) is 11.9 Å². The second kappa shape index (κ2) is 3.81. The van der Waals surface area contributed by atoms with Gasteiger partial charge in [0.1, 0.15) is 5.76 Å². The van der Waals surface area contributed by atoms with Crippen molar-refractivity contribution in [2.75, 3.05) is 5.73 Å². The highest BCUT2D eigenvalue weighted by Gasteiger charge is 1.92. The molecule has 3 nitrogen and oxygen atoms in total. The monoisotopic (exact) mass is 152 g/mol. The van der Waals surface area contributed by atoms with Gasteiger partial charge in [0.15, 0.2) is 0 Å². The van der Waals surface area contributed by atoms with E-state index in [9.17, 15) is 0 Å². The number of hydrogen-bond donors (Lipinski definition) is 1. The highest BCUT2D eigenvalue weighted by atomic mass is 16.4. The molecule has 0 unspecified atom stereocenters. The van der Waals surface area contributed by atoms with E-state index in [1.54, 1.807) is 6.20 Å². The van der Waals surface area contributed by atoms with Gasteiger partial charge in [-0.05, 0) is 12.5 Å². The molecule has 60 valence electrons. The molecule has 0 aliphatic carbocycles. The first-order valence-corrected chi connectivity index (χ1v) is 3.70. The van der Waals surface area contributed by atoms with E-state index in [0.29, 0.717) is 0 Å². The maximum absolute atomic E-state index is 5.27. The van der Waals surface area contributed by atoms with Crippen LogP contribution < -0.4 is 5.73 Å². The molecule has 2 N–H and O–H groups in total. The average molecular weight is 152 g/mol. The summed E-state index contributed by atoms with van der Waals surface area (Å²) in [4.78, 5) is 3.76. The van der Waals surface area contributed by atoms with Crippen LogP contribution in [0.2, 0.25) is 0 Å². The van der Waals surface area contributed by atoms with Gasteiger partial charge in [-0.1, -0.05) is 19.4 Å². The maximum Gasteiger partial charge on any atom is 0.292 e. The molecule has 0 saturated heterocycles. The lowest BCUT2D eigenvalue weighted by Crippen LogP contribution is -1.79. The van der Waals surface area contributed by atoms with Gasteiger partial charge >= 0.3 is 0 Å². The molecule has 1 rings (SSSR count). The van der Waals surface area contributed by atoms with E-state index in [1.807, 2.05) is 12.2 Å². The Labute approximate surface area is 65.9 Å². The molecule has 0 fully saturated rings. The van der Waals surface area contributed by atoms with Crippen LogP contribution in [0.5, 0.6) is 0 Å². The zero-order chi connectivity index (χ0) is 8.10. The van der Waals surface area contributed by atoms with Gasteiger partial charge in [-0.3, -0.25) is 0 Å². The minimum atomic E-state index is 0.223. The lowest BCUT2D eigenvalue weighted by molar-refractivity contribution is 0.570. The highest BCUT2D eigenvalue weighted by Crippen LogP contribution is 2.06. The van der Waals surface area contributed by atoms with Crippen LogP contribution in [0, 0.1) is 0 Å². The SMILES string of the molecule is CCC/C=C/c1cnc(N)o1. The number of allylic oxidation sites excluding steroid dienone is 1. The van der Waals surface area contributed by atoms with E-state index in [4.69, 9.17) is 10.2 Å². The van der Waals surface area contributed by atoms with Crippen LogP contribution in [0.1, 0.15) is 25.5 Å². The van der Waals surface area contributed by atoms with Gasteiger partial charge in [-0.15, -0.1) is 0 Å². The van der Waals surface area contributed by atoms with Crippen LogP contribution in [-0.4, -0.2) is 4.98 Å². The Morgan fingerprint density at radius 2 is 2.55 bits per heavy atom. The van der Waals surface area contributed by atoms with Gasteiger partial charge < -0.3 is 10.2 Å². The van der Waals surface area contributed by atoms with Crippen LogP contribution in [0.15, 0.2) is 16.7 Å². The summed E-state index contributed by atoms with van der Waals surface area (Å²) in [7, 11) is 0. The standard InChI is InChI=1S/C8H12N2O/c1-2-3-4-5-7-6-10-8(9)11-7/h4-6H,2-3H2,1H3,(H2,9,10)/b5-4+. The molecule has 3 heteroatoms. The maximum atomic E-state index is 5.27. The summed E-state index contributed by atoms with van der Waals surface area (Å²) in [6.07, 6.45) is 7.73. The third-order valence-electron chi connectivity index (χ3n) is 1.28. The van der Waals surface area contributed by atoms with Crippen molar-refractivity contribution in [3.8, 4) is 0 Å². The van der Waals surface area contributed by atoms with Crippen molar-refractivity contribution in [1.29, 1.82) is 0 Å².